The monoisotopic (exact) mass is 284 g/mol. The molecule has 0 unspecified atom stereocenters. The lowest BCUT2D eigenvalue weighted by Crippen LogP contribution is -2.40. The third kappa shape index (κ3) is 4.09. The van der Waals surface area contributed by atoms with Gasteiger partial charge in [0.25, 0.3) is 0 Å². The quantitative estimate of drug-likeness (QED) is 0.838. The number of carbonyl (C=O) groups excluding carboxylic acids is 1. The minimum absolute atomic E-state index is 0.170. The summed E-state index contributed by atoms with van der Waals surface area (Å²) < 4.78 is 0. The van der Waals surface area contributed by atoms with Crippen molar-refractivity contribution in [3.05, 3.63) is 35.4 Å². The first-order valence-corrected chi connectivity index (χ1v) is 7.71. The van der Waals surface area contributed by atoms with Crippen LogP contribution in [-0.2, 0) is 11.3 Å². The maximum absolute atomic E-state index is 12.5. The number of nitrogens with two attached hydrogens (primary N) is 1. The zero-order valence-corrected chi connectivity index (χ0v) is 12.7. The van der Waals surface area contributed by atoms with Crippen LogP contribution < -0.4 is 11.1 Å². The molecule has 1 aromatic rings. The fourth-order valence-electron chi connectivity index (χ4n) is 2.89. The number of hydrogen-bond acceptors (Lipinski definition) is 2. The first kappa shape index (κ1) is 15.6. The van der Waals surface area contributed by atoms with Gasteiger partial charge in [-0.1, -0.05) is 56.2 Å². The molecule has 1 fully saturated rings. The molecule has 21 heavy (non-hydrogen) atoms. The molecule has 1 aliphatic carbocycles. The van der Waals surface area contributed by atoms with E-state index in [0.29, 0.717) is 13.1 Å². The largest absolute Gasteiger partial charge is 0.352 e. The van der Waals surface area contributed by atoms with Crippen molar-refractivity contribution in [1.82, 2.24) is 5.32 Å². The highest BCUT2D eigenvalue weighted by molar-refractivity contribution is 5.82. The first-order chi connectivity index (χ1) is 10.2. The normalized spacial score (nSPS) is 16.7. The van der Waals surface area contributed by atoms with E-state index >= 15 is 0 Å². The lowest BCUT2D eigenvalue weighted by atomic mass is 9.75. The summed E-state index contributed by atoms with van der Waals surface area (Å²) in [5.41, 5.74) is 7.21. The number of nitrogens with one attached hydrogen (secondary N) is 1. The van der Waals surface area contributed by atoms with Crippen LogP contribution in [0.25, 0.3) is 0 Å². The Kier molecular flexibility index (Phi) is 5.41. The van der Waals surface area contributed by atoms with Crippen molar-refractivity contribution >= 4 is 5.91 Å². The summed E-state index contributed by atoms with van der Waals surface area (Å²) in [4.78, 5) is 12.5. The van der Waals surface area contributed by atoms with Crippen molar-refractivity contribution in [1.29, 1.82) is 0 Å². The van der Waals surface area contributed by atoms with E-state index in [1.54, 1.807) is 0 Å². The van der Waals surface area contributed by atoms with E-state index in [2.05, 4.69) is 24.1 Å². The number of hydrogen-bond donors (Lipinski definition) is 2. The molecule has 2 rings (SSSR count). The summed E-state index contributed by atoms with van der Waals surface area (Å²) in [5.74, 6) is 6.10. The highest BCUT2D eigenvalue weighted by Crippen LogP contribution is 2.35. The van der Waals surface area contributed by atoms with Crippen molar-refractivity contribution in [3.8, 4) is 11.8 Å². The highest BCUT2D eigenvalue weighted by Gasteiger charge is 2.34. The molecule has 0 atom stereocenters. The molecule has 1 aliphatic rings. The molecule has 3 heteroatoms. The molecule has 0 radical (unpaired) electrons. The molecule has 0 aliphatic heterocycles. The summed E-state index contributed by atoms with van der Waals surface area (Å²) in [5, 5.41) is 3.09. The van der Waals surface area contributed by atoms with Gasteiger partial charge in [0.1, 0.15) is 0 Å². The van der Waals surface area contributed by atoms with Crippen molar-refractivity contribution in [2.24, 2.45) is 11.1 Å². The van der Waals surface area contributed by atoms with Crippen LogP contribution in [0.15, 0.2) is 24.3 Å². The smallest absolute Gasteiger partial charge is 0.226 e. The fraction of sp³-hybridized carbons (Fsp3) is 0.500. The molecule has 0 aromatic heterocycles. The summed E-state index contributed by atoms with van der Waals surface area (Å²) in [7, 11) is 0. The van der Waals surface area contributed by atoms with Crippen molar-refractivity contribution in [2.75, 3.05) is 6.54 Å². The summed E-state index contributed by atoms with van der Waals surface area (Å²) in [6.07, 6.45) is 5.55. The van der Waals surface area contributed by atoms with Gasteiger partial charge in [0.2, 0.25) is 5.91 Å². The summed E-state index contributed by atoms with van der Waals surface area (Å²) in [6.45, 7) is 2.96. The van der Waals surface area contributed by atoms with E-state index in [1.165, 1.54) is 6.42 Å². The van der Waals surface area contributed by atoms with Crippen LogP contribution in [0.3, 0.4) is 0 Å². The second-order valence-electron chi connectivity index (χ2n) is 5.97. The average molecular weight is 284 g/mol. The van der Waals surface area contributed by atoms with E-state index in [1.807, 2.05) is 24.3 Å². The Bertz CT molecular complexity index is 548. The predicted molar refractivity (Wildman–Crippen MR) is 85.4 cm³/mol. The summed E-state index contributed by atoms with van der Waals surface area (Å²) in [6, 6.07) is 7.89. The van der Waals surface area contributed by atoms with Crippen molar-refractivity contribution in [3.63, 3.8) is 0 Å². The molecule has 3 N–H and O–H groups in total. The van der Waals surface area contributed by atoms with Crippen LogP contribution in [0.4, 0.5) is 0 Å². The highest BCUT2D eigenvalue weighted by atomic mass is 16.2. The van der Waals surface area contributed by atoms with E-state index in [4.69, 9.17) is 5.73 Å². The zero-order valence-electron chi connectivity index (χ0n) is 12.7. The van der Waals surface area contributed by atoms with E-state index in [9.17, 15) is 4.79 Å². The lowest BCUT2D eigenvalue weighted by Gasteiger charge is -2.32. The molecule has 1 aromatic carbocycles. The second kappa shape index (κ2) is 7.28. The van der Waals surface area contributed by atoms with E-state index < -0.39 is 0 Å². The van der Waals surface area contributed by atoms with Gasteiger partial charge in [-0.3, -0.25) is 4.79 Å². The number of benzene rings is 1. The standard InChI is InChI=1S/C18H24N2O/c1-18(11-5-2-6-12-18)17(21)20-14-16-9-4-3-8-15(16)10-7-13-19/h3-4,8-9H,2,5-6,11-14,19H2,1H3,(H,20,21). The number of amides is 1. The molecule has 0 bridgehead atoms. The van der Waals surface area contributed by atoms with Crippen molar-refractivity contribution < 1.29 is 4.79 Å². The minimum Gasteiger partial charge on any atom is -0.352 e. The molecule has 112 valence electrons. The Labute approximate surface area is 127 Å². The van der Waals surface area contributed by atoms with Gasteiger partial charge in [-0.2, -0.15) is 0 Å². The Hall–Kier alpha value is -1.79. The van der Waals surface area contributed by atoms with Gasteiger partial charge < -0.3 is 11.1 Å². The van der Waals surface area contributed by atoms with Crippen LogP contribution in [0.1, 0.15) is 50.2 Å². The fourth-order valence-corrected chi connectivity index (χ4v) is 2.89. The molecule has 1 amide bonds. The van der Waals surface area contributed by atoms with Crippen LogP contribution >= 0.6 is 0 Å². The molecule has 0 spiro atoms. The average Bonchev–Trinajstić information content (AvgIpc) is 2.52. The third-order valence-corrected chi connectivity index (χ3v) is 4.29. The van der Waals surface area contributed by atoms with Crippen molar-refractivity contribution in [2.45, 2.75) is 45.6 Å². The van der Waals surface area contributed by atoms with Crippen LogP contribution in [0, 0.1) is 17.3 Å². The Morgan fingerprint density at radius 3 is 2.71 bits per heavy atom. The summed E-state index contributed by atoms with van der Waals surface area (Å²) >= 11 is 0. The maximum Gasteiger partial charge on any atom is 0.226 e. The maximum atomic E-state index is 12.5. The third-order valence-electron chi connectivity index (χ3n) is 4.29. The topological polar surface area (TPSA) is 55.1 Å². The Balaban J connectivity index is 2.01. The first-order valence-electron chi connectivity index (χ1n) is 7.71. The van der Waals surface area contributed by atoms with Gasteiger partial charge in [0.05, 0.1) is 6.54 Å². The molecule has 3 nitrogen and oxygen atoms in total. The van der Waals surface area contributed by atoms with Gasteiger partial charge in [0, 0.05) is 17.5 Å². The van der Waals surface area contributed by atoms with Gasteiger partial charge in [-0.25, -0.2) is 0 Å². The second-order valence-corrected chi connectivity index (χ2v) is 5.97. The predicted octanol–water partition coefficient (Wildman–Crippen LogP) is 2.58. The number of carbonyl (C=O) groups is 1. The van der Waals surface area contributed by atoms with Crippen LogP contribution in [0.5, 0.6) is 0 Å². The SMILES string of the molecule is CC1(C(=O)NCc2ccccc2C#CCN)CCCCC1. The van der Waals surface area contributed by atoms with Gasteiger partial charge >= 0.3 is 0 Å². The molecule has 0 saturated heterocycles. The molecular formula is C18H24N2O. The Morgan fingerprint density at radius 1 is 1.29 bits per heavy atom. The lowest BCUT2D eigenvalue weighted by molar-refractivity contribution is -0.132. The zero-order chi connectivity index (χ0) is 15.1. The number of rotatable bonds is 3. The molecule has 0 heterocycles. The van der Waals surface area contributed by atoms with Gasteiger partial charge in [0.15, 0.2) is 0 Å². The Morgan fingerprint density at radius 2 is 2.00 bits per heavy atom. The van der Waals surface area contributed by atoms with Crippen LogP contribution in [0.2, 0.25) is 0 Å². The molecular weight excluding hydrogens is 260 g/mol. The van der Waals surface area contributed by atoms with Gasteiger partial charge in [-0.15, -0.1) is 0 Å². The molecule has 1 saturated carbocycles. The minimum atomic E-state index is -0.198. The van der Waals surface area contributed by atoms with E-state index in [-0.39, 0.29) is 11.3 Å². The van der Waals surface area contributed by atoms with Gasteiger partial charge in [-0.05, 0) is 24.5 Å². The van der Waals surface area contributed by atoms with E-state index in [0.717, 1.165) is 36.8 Å². The van der Waals surface area contributed by atoms with Crippen LogP contribution in [-0.4, -0.2) is 12.5 Å².